The van der Waals surface area contributed by atoms with Crippen molar-refractivity contribution >= 4 is 16.9 Å². The average Bonchev–Trinajstić information content (AvgIpc) is 2.88. The number of ether oxygens (including phenoxy) is 1. The minimum absolute atomic E-state index is 0.352. The Morgan fingerprint density at radius 2 is 2.47 bits per heavy atom. The van der Waals surface area contributed by atoms with Gasteiger partial charge in [0.05, 0.1) is 11.7 Å². The van der Waals surface area contributed by atoms with Crippen molar-refractivity contribution in [3.63, 3.8) is 0 Å². The molecule has 1 N–H and O–H groups in total. The van der Waals surface area contributed by atoms with Crippen LogP contribution in [0.1, 0.15) is 13.3 Å². The number of thioether (sulfide) groups is 1. The van der Waals surface area contributed by atoms with Gasteiger partial charge in [0.2, 0.25) is 5.17 Å². The van der Waals surface area contributed by atoms with E-state index in [1.807, 2.05) is 0 Å². The highest BCUT2D eigenvalue weighted by Crippen LogP contribution is 2.13. The lowest BCUT2D eigenvalue weighted by molar-refractivity contribution is -0.484. The van der Waals surface area contributed by atoms with Gasteiger partial charge in [-0.15, -0.1) is 0 Å². The Hall–Kier alpha value is -0.860. The second-order valence-corrected chi connectivity index (χ2v) is 5.19. The minimum atomic E-state index is -0.674. The van der Waals surface area contributed by atoms with Gasteiger partial charge in [-0.2, -0.15) is 0 Å². The van der Waals surface area contributed by atoms with Crippen molar-refractivity contribution in [2.75, 3.05) is 45.6 Å². The van der Waals surface area contributed by atoms with Gasteiger partial charge in [0, 0.05) is 26.2 Å². The predicted molar refractivity (Wildman–Crippen MR) is 77.0 cm³/mol. The van der Waals surface area contributed by atoms with Crippen LogP contribution in [0.4, 0.5) is 0 Å². The van der Waals surface area contributed by atoms with Crippen molar-refractivity contribution < 1.29 is 9.77 Å². The third-order valence-corrected chi connectivity index (χ3v) is 3.67. The zero-order chi connectivity index (χ0) is 14.1. The SMILES string of the molecule is CCN(CCNC(=N[N+](=O)[O-])SC)CC1CCOC1. The molecule has 1 atom stereocenters. The van der Waals surface area contributed by atoms with Crippen LogP contribution in [0.25, 0.3) is 0 Å². The fourth-order valence-corrected chi connectivity index (χ4v) is 2.41. The fourth-order valence-electron chi connectivity index (χ4n) is 2.01. The zero-order valence-corrected chi connectivity index (χ0v) is 12.3. The predicted octanol–water partition coefficient (Wildman–Crippen LogP) is 0.845. The molecule has 1 saturated heterocycles. The number of hydrogen-bond donors (Lipinski definition) is 1. The number of amidine groups is 1. The quantitative estimate of drug-likeness (QED) is 0.324. The fraction of sp³-hybridized carbons (Fsp3) is 0.909. The topological polar surface area (TPSA) is 80.0 Å². The lowest BCUT2D eigenvalue weighted by atomic mass is 10.1. The first-order valence-corrected chi connectivity index (χ1v) is 7.69. The first-order valence-electron chi connectivity index (χ1n) is 6.46. The van der Waals surface area contributed by atoms with Crippen molar-refractivity contribution in [2.24, 2.45) is 11.0 Å². The number of likely N-dealkylation sites (N-methyl/N-ethyl adjacent to an activating group) is 1. The molecule has 0 aliphatic carbocycles. The number of hydrogen-bond acceptors (Lipinski definition) is 5. The molecule has 1 fully saturated rings. The summed E-state index contributed by atoms with van der Waals surface area (Å²) in [6.07, 6.45) is 2.89. The van der Waals surface area contributed by atoms with Crippen LogP contribution in [-0.2, 0) is 4.74 Å². The number of hydrazone groups is 1. The number of nitrogens with one attached hydrogen (secondary N) is 1. The number of rotatable bonds is 7. The maximum absolute atomic E-state index is 10.3. The first-order chi connectivity index (χ1) is 9.15. The molecule has 1 aliphatic heterocycles. The zero-order valence-electron chi connectivity index (χ0n) is 11.5. The molecule has 110 valence electrons. The van der Waals surface area contributed by atoms with Gasteiger partial charge in [0.1, 0.15) is 0 Å². The molecule has 0 spiro atoms. The average molecular weight is 290 g/mol. The molecule has 0 saturated carbocycles. The molecule has 0 amide bonds. The Kier molecular flexibility index (Phi) is 7.76. The van der Waals surface area contributed by atoms with E-state index in [2.05, 4.69) is 22.2 Å². The monoisotopic (exact) mass is 290 g/mol. The van der Waals surface area contributed by atoms with Gasteiger partial charge in [-0.3, -0.25) is 0 Å². The van der Waals surface area contributed by atoms with Crippen LogP contribution in [0.5, 0.6) is 0 Å². The summed E-state index contributed by atoms with van der Waals surface area (Å²) in [6.45, 7) is 7.35. The normalized spacial score (nSPS) is 19.9. The molecular formula is C11H22N4O3S. The van der Waals surface area contributed by atoms with E-state index in [0.29, 0.717) is 17.6 Å². The summed E-state index contributed by atoms with van der Waals surface area (Å²) in [5.74, 6) is 0.618. The highest BCUT2D eigenvalue weighted by atomic mass is 32.2. The molecule has 19 heavy (non-hydrogen) atoms. The van der Waals surface area contributed by atoms with Gasteiger partial charge < -0.3 is 15.0 Å². The van der Waals surface area contributed by atoms with Crippen molar-refractivity contribution in [3.05, 3.63) is 10.1 Å². The standard InChI is InChI=1S/C11H22N4O3S/c1-3-14(8-10-4-7-18-9-10)6-5-12-11(19-2)13-15(16)17/h10H,3-9H2,1-2H3,(H,12,13). The van der Waals surface area contributed by atoms with Gasteiger partial charge in [-0.25, -0.2) is 10.1 Å². The minimum Gasteiger partial charge on any atom is -0.381 e. The van der Waals surface area contributed by atoms with E-state index in [0.717, 1.165) is 39.3 Å². The van der Waals surface area contributed by atoms with E-state index >= 15 is 0 Å². The van der Waals surface area contributed by atoms with E-state index < -0.39 is 5.03 Å². The second-order valence-electron chi connectivity index (χ2n) is 4.40. The van der Waals surface area contributed by atoms with Gasteiger partial charge in [-0.05, 0) is 25.1 Å². The lowest BCUT2D eigenvalue weighted by Crippen LogP contribution is -2.37. The largest absolute Gasteiger partial charge is 0.381 e. The number of nitro groups is 1. The number of nitrogens with zero attached hydrogens (tertiary/aromatic N) is 3. The molecule has 0 aromatic carbocycles. The summed E-state index contributed by atoms with van der Waals surface area (Å²) in [6, 6.07) is 0. The summed E-state index contributed by atoms with van der Waals surface area (Å²) in [4.78, 5) is 12.6. The van der Waals surface area contributed by atoms with Crippen LogP contribution in [-0.4, -0.2) is 60.7 Å². The van der Waals surface area contributed by atoms with Crippen LogP contribution >= 0.6 is 11.8 Å². The molecule has 0 bridgehead atoms. The van der Waals surface area contributed by atoms with Crippen molar-refractivity contribution in [3.8, 4) is 0 Å². The van der Waals surface area contributed by atoms with Gasteiger partial charge in [0.25, 0.3) is 0 Å². The molecule has 1 unspecified atom stereocenters. The van der Waals surface area contributed by atoms with Crippen LogP contribution in [0.15, 0.2) is 5.10 Å². The summed E-state index contributed by atoms with van der Waals surface area (Å²) < 4.78 is 5.37. The Bertz CT molecular complexity index is 308. The van der Waals surface area contributed by atoms with E-state index in [1.54, 1.807) is 6.26 Å². The Morgan fingerprint density at radius 1 is 1.68 bits per heavy atom. The third kappa shape index (κ3) is 6.74. The van der Waals surface area contributed by atoms with E-state index in [1.165, 1.54) is 11.8 Å². The summed E-state index contributed by atoms with van der Waals surface area (Å²) in [5.41, 5.74) is 0. The van der Waals surface area contributed by atoms with Crippen LogP contribution in [0, 0.1) is 16.0 Å². The highest BCUT2D eigenvalue weighted by molar-refractivity contribution is 8.13. The van der Waals surface area contributed by atoms with E-state index in [9.17, 15) is 10.1 Å². The summed E-state index contributed by atoms with van der Waals surface area (Å²) >= 11 is 1.25. The molecule has 1 aliphatic rings. The smallest absolute Gasteiger partial charge is 0.234 e. The van der Waals surface area contributed by atoms with Gasteiger partial charge in [0.15, 0.2) is 5.03 Å². The summed E-state index contributed by atoms with van der Waals surface area (Å²) in [5, 5.41) is 16.2. The maximum Gasteiger partial charge on any atom is 0.234 e. The molecule has 7 nitrogen and oxygen atoms in total. The van der Waals surface area contributed by atoms with Crippen molar-refractivity contribution in [1.29, 1.82) is 0 Å². The molecule has 8 heteroatoms. The van der Waals surface area contributed by atoms with Crippen LogP contribution in [0.2, 0.25) is 0 Å². The van der Waals surface area contributed by atoms with Crippen LogP contribution in [0.3, 0.4) is 0 Å². The maximum atomic E-state index is 10.3. The van der Waals surface area contributed by atoms with Crippen LogP contribution < -0.4 is 5.32 Å². The Balaban J connectivity index is 2.26. The van der Waals surface area contributed by atoms with Gasteiger partial charge >= 0.3 is 0 Å². The van der Waals surface area contributed by atoms with Crippen molar-refractivity contribution in [1.82, 2.24) is 10.2 Å². The molecule has 1 rings (SSSR count). The summed E-state index contributed by atoms with van der Waals surface area (Å²) in [7, 11) is 0. The molecular weight excluding hydrogens is 268 g/mol. The molecule has 0 radical (unpaired) electrons. The van der Waals surface area contributed by atoms with E-state index in [-0.39, 0.29) is 0 Å². The Labute approximate surface area is 117 Å². The third-order valence-electron chi connectivity index (χ3n) is 3.06. The second kappa shape index (κ2) is 9.11. The molecule has 0 aromatic heterocycles. The highest BCUT2D eigenvalue weighted by Gasteiger charge is 2.18. The Morgan fingerprint density at radius 3 is 3.00 bits per heavy atom. The molecule has 0 aromatic rings. The first kappa shape index (κ1) is 16.2. The molecule has 1 heterocycles. The lowest BCUT2D eigenvalue weighted by Gasteiger charge is -2.23. The van der Waals surface area contributed by atoms with E-state index in [4.69, 9.17) is 4.74 Å². The van der Waals surface area contributed by atoms with Crippen molar-refractivity contribution in [2.45, 2.75) is 13.3 Å². The van der Waals surface area contributed by atoms with Gasteiger partial charge in [-0.1, -0.05) is 18.7 Å².